The van der Waals surface area contributed by atoms with Crippen LogP contribution in [0, 0.1) is 18.7 Å². The molecule has 2 aromatic rings. The molecule has 35 heavy (non-hydrogen) atoms. The van der Waals surface area contributed by atoms with Crippen molar-refractivity contribution in [3.63, 3.8) is 0 Å². The fourth-order valence-corrected chi connectivity index (χ4v) is 6.53. The molecule has 0 saturated carbocycles. The number of ether oxygens (including phenoxy) is 1. The molecule has 0 saturated heterocycles. The zero-order chi connectivity index (χ0) is 24.6. The van der Waals surface area contributed by atoms with Gasteiger partial charge in [-0.3, -0.25) is 4.79 Å². The Hall–Kier alpha value is -2.90. The second-order valence-corrected chi connectivity index (χ2v) is 10.3. The number of esters is 1. The van der Waals surface area contributed by atoms with E-state index in [1.165, 1.54) is 6.07 Å². The van der Waals surface area contributed by atoms with Crippen molar-refractivity contribution in [2.75, 3.05) is 6.61 Å². The van der Waals surface area contributed by atoms with Crippen LogP contribution in [-0.4, -0.2) is 34.1 Å². The van der Waals surface area contributed by atoms with Crippen molar-refractivity contribution in [1.82, 2.24) is 4.98 Å². The molecule has 0 radical (unpaired) electrons. The minimum atomic E-state index is -1.88. The predicted molar refractivity (Wildman–Crippen MR) is 129 cm³/mol. The van der Waals surface area contributed by atoms with Crippen molar-refractivity contribution in [2.24, 2.45) is 11.7 Å². The molecule has 0 spiro atoms. The van der Waals surface area contributed by atoms with Crippen molar-refractivity contribution in [1.29, 1.82) is 0 Å². The average Bonchev–Trinajstić information content (AvgIpc) is 2.84. The highest BCUT2D eigenvalue weighted by atomic mass is 19.1. The van der Waals surface area contributed by atoms with Gasteiger partial charge in [-0.1, -0.05) is 6.92 Å². The van der Waals surface area contributed by atoms with E-state index in [4.69, 9.17) is 15.5 Å². The third-order valence-corrected chi connectivity index (χ3v) is 8.60. The van der Waals surface area contributed by atoms with Gasteiger partial charge in [0.2, 0.25) is 0 Å². The Labute approximate surface area is 203 Å². The molecular weight excluding hydrogens is 447 g/mol. The molecule has 6 rings (SSSR count). The van der Waals surface area contributed by atoms with Crippen LogP contribution < -0.4 is 5.73 Å². The third-order valence-electron chi connectivity index (χ3n) is 8.60. The highest BCUT2D eigenvalue weighted by Gasteiger charge is 2.46. The lowest BCUT2D eigenvalue weighted by molar-refractivity contribution is -0.163. The Kier molecular flexibility index (Phi) is 5.03. The largest absolute Gasteiger partial charge is 0.458 e. The monoisotopic (exact) mass is 476 g/mol. The number of aryl methyl sites for hydroxylation is 1. The lowest BCUT2D eigenvalue weighted by atomic mass is 9.71. The zero-order valence-electron chi connectivity index (χ0n) is 20.0. The van der Waals surface area contributed by atoms with Crippen LogP contribution in [0.25, 0.3) is 16.5 Å². The maximum Gasteiger partial charge on any atom is 0.343 e. The number of benzene rings is 1. The summed E-state index contributed by atoms with van der Waals surface area (Å²) in [7, 11) is 0. The third kappa shape index (κ3) is 3.10. The summed E-state index contributed by atoms with van der Waals surface area (Å²) in [6.45, 7) is 3.38. The molecule has 7 heteroatoms. The van der Waals surface area contributed by atoms with Crippen LogP contribution in [0.4, 0.5) is 4.39 Å². The summed E-state index contributed by atoms with van der Waals surface area (Å²) in [4.78, 5) is 30.6. The van der Waals surface area contributed by atoms with E-state index in [0.717, 1.165) is 59.0 Å². The van der Waals surface area contributed by atoms with Gasteiger partial charge in [-0.25, -0.2) is 14.2 Å². The summed E-state index contributed by atoms with van der Waals surface area (Å²) in [5.41, 5.74) is 11.5. The quantitative estimate of drug-likeness (QED) is 0.605. The molecule has 0 bridgehead atoms. The van der Waals surface area contributed by atoms with Crippen LogP contribution in [0.3, 0.4) is 0 Å². The number of nitrogens with zero attached hydrogens (tertiary/aromatic N) is 1. The molecule has 182 valence electrons. The molecule has 1 unspecified atom stereocenters. The summed E-state index contributed by atoms with van der Waals surface area (Å²) in [6, 6.07) is 1.34. The Balaban J connectivity index is 1.67. The molecule has 3 atom stereocenters. The number of halogens is 1. The number of rotatable bonds is 1. The average molecular weight is 477 g/mol. The van der Waals surface area contributed by atoms with Gasteiger partial charge in [-0.15, -0.1) is 0 Å². The first-order valence-electron chi connectivity index (χ1n) is 12.5. The second-order valence-electron chi connectivity index (χ2n) is 10.3. The fraction of sp³-hybridized carbons (Fsp3) is 0.464. The number of pyridine rings is 1. The van der Waals surface area contributed by atoms with Crippen LogP contribution in [0.2, 0.25) is 0 Å². The Morgan fingerprint density at radius 1 is 1.20 bits per heavy atom. The fourth-order valence-electron chi connectivity index (χ4n) is 6.53. The van der Waals surface area contributed by atoms with Crippen LogP contribution in [0.1, 0.15) is 73.0 Å². The maximum absolute atomic E-state index is 14.9. The van der Waals surface area contributed by atoms with E-state index >= 15 is 0 Å². The number of aromatic nitrogens is 1. The van der Waals surface area contributed by atoms with E-state index in [-0.39, 0.29) is 36.6 Å². The van der Waals surface area contributed by atoms with Crippen LogP contribution in [0.5, 0.6) is 0 Å². The minimum Gasteiger partial charge on any atom is -0.458 e. The van der Waals surface area contributed by atoms with Crippen LogP contribution >= 0.6 is 0 Å². The van der Waals surface area contributed by atoms with Gasteiger partial charge >= 0.3 is 5.97 Å². The van der Waals surface area contributed by atoms with E-state index < -0.39 is 11.6 Å². The number of ketones is 1. The van der Waals surface area contributed by atoms with Crippen molar-refractivity contribution in [2.45, 2.75) is 70.4 Å². The van der Waals surface area contributed by atoms with E-state index in [9.17, 15) is 19.1 Å². The number of hydrogen-bond acceptors (Lipinski definition) is 6. The number of carbonyl (C=O) groups excluding carboxylic acids is 2. The molecule has 4 aliphatic rings. The van der Waals surface area contributed by atoms with Gasteiger partial charge in [0.25, 0.3) is 0 Å². The number of cyclic esters (lactones) is 1. The molecule has 2 heterocycles. The lowest BCUT2D eigenvalue weighted by Gasteiger charge is -2.37. The Bertz CT molecular complexity index is 1390. The second kappa shape index (κ2) is 7.80. The SMILES string of the molecule is CC[C@@]1(O)C(=O)OCC2=C1C=C1c3nc4cc(F)c(C)c5c4c(c3CCC1CCC2=O)[C@@H](N)CC5. The zero-order valence-corrected chi connectivity index (χ0v) is 20.0. The number of carbonyl (C=O) groups is 2. The van der Waals surface area contributed by atoms with Crippen molar-refractivity contribution >= 4 is 28.2 Å². The lowest BCUT2D eigenvalue weighted by Crippen LogP contribution is -2.46. The molecule has 0 amide bonds. The number of aliphatic hydroxyl groups is 1. The normalized spacial score (nSPS) is 28.0. The van der Waals surface area contributed by atoms with Gasteiger partial charge in [0.05, 0.1) is 11.2 Å². The first-order chi connectivity index (χ1) is 16.7. The van der Waals surface area contributed by atoms with E-state index in [1.807, 2.05) is 13.0 Å². The smallest absolute Gasteiger partial charge is 0.343 e. The summed E-state index contributed by atoms with van der Waals surface area (Å²) in [6.07, 6.45) is 5.93. The topological polar surface area (TPSA) is 103 Å². The Morgan fingerprint density at radius 3 is 2.71 bits per heavy atom. The van der Waals surface area contributed by atoms with Crippen LogP contribution in [-0.2, 0) is 27.2 Å². The van der Waals surface area contributed by atoms with E-state index in [0.29, 0.717) is 35.1 Å². The van der Waals surface area contributed by atoms with E-state index in [1.54, 1.807) is 6.92 Å². The number of Topliss-reactive ketones (excluding diaryl/α,β-unsaturated/α-hetero) is 1. The minimum absolute atomic E-state index is 0.0475. The van der Waals surface area contributed by atoms with Crippen molar-refractivity contribution in [3.8, 4) is 0 Å². The number of fused-ring (bicyclic) bond motifs is 4. The molecule has 1 aliphatic heterocycles. The summed E-state index contributed by atoms with van der Waals surface area (Å²) in [5.74, 6) is -1.05. The molecule has 0 fully saturated rings. The molecule has 3 aliphatic carbocycles. The first kappa shape index (κ1) is 22.6. The maximum atomic E-state index is 14.9. The van der Waals surface area contributed by atoms with E-state index in [2.05, 4.69) is 0 Å². The molecule has 1 aromatic heterocycles. The molecule has 3 N–H and O–H groups in total. The molecule has 1 aromatic carbocycles. The van der Waals surface area contributed by atoms with Gasteiger partial charge in [-0.2, -0.15) is 0 Å². The molecule has 6 nitrogen and oxygen atoms in total. The van der Waals surface area contributed by atoms with Gasteiger partial charge < -0.3 is 15.6 Å². The Morgan fingerprint density at radius 2 is 1.94 bits per heavy atom. The van der Waals surface area contributed by atoms with Gasteiger partial charge in [0, 0.05) is 35.1 Å². The standard InChI is InChI=1S/C28H29FN2O4/c1-3-28(34)19-10-17-14(5-9-23(32)18(19)12-35-27(28)33)4-6-16-24-21(30)8-7-15-13(2)20(29)11-22(25(15)24)31-26(16)17/h10-11,14,21,34H,3-9,12,30H2,1-2H3/t14?,21-,28-/m0/s1. The van der Waals surface area contributed by atoms with Gasteiger partial charge in [0.15, 0.2) is 11.4 Å². The molecular formula is C28H29FN2O4. The first-order valence-corrected chi connectivity index (χ1v) is 12.5. The number of allylic oxidation sites excluding steroid dienone is 1. The van der Waals surface area contributed by atoms with Crippen molar-refractivity contribution in [3.05, 3.63) is 57.1 Å². The highest BCUT2D eigenvalue weighted by Crippen LogP contribution is 2.48. The predicted octanol–water partition coefficient (Wildman–Crippen LogP) is 3.93. The summed E-state index contributed by atoms with van der Waals surface area (Å²) < 4.78 is 20.1. The van der Waals surface area contributed by atoms with Gasteiger partial charge in [0.1, 0.15) is 12.4 Å². The van der Waals surface area contributed by atoms with Crippen LogP contribution in [0.15, 0.2) is 23.3 Å². The van der Waals surface area contributed by atoms with Gasteiger partial charge in [-0.05, 0) is 85.3 Å². The summed E-state index contributed by atoms with van der Waals surface area (Å²) >= 11 is 0. The summed E-state index contributed by atoms with van der Waals surface area (Å²) in [5, 5.41) is 12.3. The number of hydrogen-bond donors (Lipinski definition) is 2. The number of nitrogens with two attached hydrogens (primary N) is 1. The highest BCUT2D eigenvalue weighted by molar-refractivity contribution is 6.02. The van der Waals surface area contributed by atoms with Crippen molar-refractivity contribution < 1.29 is 23.8 Å².